The highest BCUT2D eigenvalue weighted by molar-refractivity contribution is 7.89. The summed E-state index contributed by atoms with van der Waals surface area (Å²) in [5.41, 5.74) is 1.57. The van der Waals surface area contributed by atoms with Gasteiger partial charge in [-0.2, -0.15) is 4.31 Å². The molecule has 106 valence electrons. The fourth-order valence-electron chi connectivity index (χ4n) is 2.38. The maximum absolute atomic E-state index is 12.8. The van der Waals surface area contributed by atoms with Crippen LogP contribution in [-0.4, -0.2) is 35.2 Å². The molecule has 3 heterocycles. The summed E-state index contributed by atoms with van der Waals surface area (Å²) in [6, 6.07) is 5.28. The summed E-state index contributed by atoms with van der Waals surface area (Å²) < 4.78 is 28.5. The lowest BCUT2D eigenvalue weighted by Crippen LogP contribution is -2.36. The average molecular weight is 312 g/mol. The molecule has 7 heteroatoms. The Morgan fingerprint density at radius 3 is 2.90 bits per heavy atom. The van der Waals surface area contributed by atoms with Crippen molar-refractivity contribution in [2.24, 2.45) is 0 Å². The minimum atomic E-state index is -3.65. The largest absolute Gasteiger partial charge is 0.288 e. The van der Waals surface area contributed by atoms with Gasteiger partial charge in [-0.05, 0) is 25.5 Å². The van der Waals surface area contributed by atoms with Gasteiger partial charge < -0.3 is 0 Å². The number of nitrogens with zero attached hydrogens (tertiary/aromatic N) is 3. The number of halogens is 1. The van der Waals surface area contributed by atoms with Crippen molar-refractivity contribution < 1.29 is 8.42 Å². The molecule has 2 aromatic heterocycles. The van der Waals surface area contributed by atoms with Crippen LogP contribution < -0.4 is 0 Å². The average Bonchev–Trinajstić information content (AvgIpc) is 2.75. The zero-order chi connectivity index (χ0) is 14.3. The number of fused-ring (bicyclic) bond motifs is 1. The molecule has 0 unspecified atom stereocenters. The highest BCUT2D eigenvalue weighted by Crippen LogP contribution is 2.27. The van der Waals surface area contributed by atoms with Crippen LogP contribution >= 0.6 is 11.6 Å². The van der Waals surface area contributed by atoms with Gasteiger partial charge in [-0.25, -0.2) is 13.4 Å². The van der Waals surface area contributed by atoms with Crippen molar-refractivity contribution in [3.05, 3.63) is 41.2 Å². The van der Waals surface area contributed by atoms with Crippen molar-refractivity contribution in [2.45, 2.75) is 18.4 Å². The lowest BCUT2D eigenvalue weighted by Gasteiger charge is -2.25. The number of hydrogen-bond acceptors (Lipinski definition) is 3. The van der Waals surface area contributed by atoms with Crippen molar-refractivity contribution in [1.82, 2.24) is 13.7 Å². The molecule has 0 bridgehead atoms. The molecule has 2 aromatic rings. The van der Waals surface area contributed by atoms with E-state index in [9.17, 15) is 8.42 Å². The van der Waals surface area contributed by atoms with Crippen molar-refractivity contribution in [2.75, 3.05) is 13.1 Å². The molecule has 0 radical (unpaired) electrons. The van der Waals surface area contributed by atoms with Crippen LogP contribution in [0.2, 0.25) is 5.15 Å². The molecule has 0 aliphatic carbocycles. The van der Waals surface area contributed by atoms with Gasteiger partial charge in [-0.1, -0.05) is 29.3 Å². The molecule has 3 rings (SSSR count). The number of pyridine rings is 1. The number of rotatable bonds is 2. The third kappa shape index (κ3) is 2.13. The smallest absolute Gasteiger partial charge is 0.262 e. The second-order valence-corrected chi connectivity index (χ2v) is 7.03. The van der Waals surface area contributed by atoms with Crippen LogP contribution in [0.25, 0.3) is 5.65 Å². The third-order valence-corrected chi connectivity index (χ3v) is 5.57. The molecular formula is C13H14ClN3O2S. The van der Waals surface area contributed by atoms with Gasteiger partial charge in [-0.3, -0.25) is 4.40 Å². The van der Waals surface area contributed by atoms with Gasteiger partial charge in [-0.15, -0.1) is 0 Å². The number of hydrogen-bond donors (Lipinski definition) is 0. The summed E-state index contributed by atoms with van der Waals surface area (Å²) in [6.45, 7) is 2.80. The highest BCUT2D eigenvalue weighted by Gasteiger charge is 2.31. The summed E-state index contributed by atoms with van der Waals surface area (Å²) in [7, 11) is -3.65. The highest BCUT2D eigenvalue weighted by atomic mass is 35.5. The zero-order valence-electron chi connectivity index (χ0n) is 11.0. The van der Waals surface area contributed by atoms with Gasteiger partial charge in [0.2, 0.25) is 0 Å². The third-order valence-electron chi connectivity index (χ3n) is 3.33. The van der Waals surface area contributed by atoms with Crippen LogP contribution in [0, 0.1) is 0 Å². The van der Waals surface area contributed by atoms with E-state index in [1.165, 1.54) is 8.71 Å². The van der Waals surface area contributed by atoms with Crippen LogP contribution in [-0.2, 0) is 10.0 Å². The predicted octanol–water partition coefficient (Wildman–Crippen LogP) is 2.33. The minimum absolute atomic E-state index is 0.0170. The van der Waals surface area contributed by atoms with E-state index in [2.05, 4.69) is 11.1 Å². The van der Waals surface area contributed by atoms with Gasteiger partial charge in [0, 0.05) is 19.3 Å². The monoisotopic (exact) mass is 311 g/mol. The van der Waals surface area contributed by atoms with Crippen LogP contribution in [0.5, 0.6) is 0 Å². The van der Waals surface area contributed by atoms with E-state index in [-0.39, 0.29) is 10.2 Å². The topological polar surface area (TPSA) is 54.7 Å². The normalized spacial score (nSPS) is 17.4. The lowest BCUT2D eigenvalue weighted by molar-refractivity contribution is 0.425. The number of imidazole rings is 1. The number of aromatic nitrogens is 2. The Hall–Kier alpha value is -1.37. The Balaban J connectivity index is 2.14. The zero-order valence-corrected chi connectivity index (χ0v) is 12.5. The molecule has 0 saturated carbocycles. The maximum atomic E-state index is 12.8. The van der Waals surface area contributed by atoms with Crippen molar-refractivity contribution in [3.8, 4) is 0 Å². The minimum Gasteiger partial charge on any atom is -0.288 e. The summed E-state index contributed by atoms with van der Waals surface area (Å²) in [5.74, 6) is 0. The van der Waals surface area contributed by atoms with E-state index >= 15 is 0 Å². The molecule has 0 aromatic carbocycles. The summed E-state index contributed by atoms with van der Waals surface area (Å²) in [4.78, 5) is 4.10. The first kappa shape index (κ1) is 13.6. The maximum Gasteiger partial charge on any atom is 0.262 e. The van der Waals surface area contributed by atoms with E-state index in [1.54, 1.807) is 24.4 Å². The molecule has 1 aliphatic rings. The molecule has 0 fully saturated rings. The van der Waals surface area contributed by atoms with E-state index in [0.717, 1.165) is 12.0 Å². The molecule has 0 atom stereocenters. The Bertz CT molecular complexity index is 795. The Morgan fingerprint density at radius 1 is 1.35 bits per heavy atom. The Labute approximate surface area is 122 Å². The van der Waals surface area contributed by atoms with Crippen LogP contribution in [0.15, 0.2) is 41.1 Å². The number of sulfonamides is 1. The molecular weight excluding hydrogens is 298 g/mol. The molecule has 0 spiro atoms. The Morgan fingerprint density at radius 2 is 2.15 bits per heavy atom. The predicted molar refractivity (Wildman–Crippen MR) is 77.3 cm³/mol. The van der Waals surface area contributed by atoms with E-state index in [0.29, 0.717) is 18.7 Å². The van der Waals surface area contributed by atoms with Crippen molar-refractivity contribution >= 4 is 27.3 Å². The fourth-order valence-corrected chi connectivity index (χ4v) is 4.48. The van der Waals surface area contributed by atoms with Crippen molar-refractivity contribution in [1.29, 1.82) is 0 Å². The molecule has 0 saturated heterocycles. The lowest BCUT2D eigenvalue weighted by atomic mass is 10.2. The van der Waals surface area contributed by atoms with Gasteiger partial charge in [0.1, 0.15) is 5.65 Å². The second kappa shape index (κ2) is 4.87. The summed E-state index contributed by atoms with van der Waals surface area (Å²) >= 11 is 6.06. The van der Waals surface area contributed by atoms with Gasteiger partial charge in [0.15, 0.2) is 10.2 Å². The Kier molecular flexibility index (Phi) is 3.32. The fraction of sp³-hybridized carbons (Fsp3) is 0.308. The molecule has 1 aliphatic heterocycles. The van der Waals surface area contributed by atoms with E-state index in [1.807, 2.05) is 6.92 Å². The first-order valence-electron chi connectivity index (χ1n) is 6.28. The van der Waals surface area contributed by atoms with Crippen molar-refractivity contribution in [3.63, 3.8) is 0 Å². The van der Waals surface area contributed by atoms with Gasteiger partial charge >= 0.3 is 0 Å². The van der Waals surface area contributed by atoms with Gasteiger partial charge in [0.05, 0.1) is 0 Å². The second-order valence-electron chi connectivity index (χ2n) is 4.81. The van der Waals surface area contributed by atoms with Crippen LogP contribution in [0.3, 0.4) is 0 Å². The summed E-state index contributed by atoms with van der Waals surface area (Å²) in [6.07, 6.45) is 4.44. The molecule has 5 nitrogen and oxygen atoms in total. The van der Waals surface area contributed by atoms with Crippen LogP contribution in [0.1, 0.15) is 13.3 Å². The molecule has 0 amide bonds. The molecule has 20 heavy (non-hydrogen) atoms. The quantitative estimate of drug-likeness (QED) is 0.800. The summed E-state index contributed by atoms with van der Waals surface area (Å²) in [5, 5.41) is 0.0628. The van der Waals surface area contributed by atoms with Crippen LogP contribution in [0.4, 0.5) is 0 Å². The first-order valence-corrected chi connectivity index (χ1v) is 8.10. The van der Waals surface area contributed by atoms with Gasteiger partial charge in [0.25, 0.3) is 10.0 Å². The standard InChI is InChI=1S/C13H14ClN3O2S/c1-10-5-4-7-16(9-10)20(18,19)13-12(14)15-11-6-2-3-8-17(11)13/h2-3,5-6,8H,4,7,9H2,1H3. The van der Waals surface area contributed by atoms with E-state index < -0.39 is 10.0 Å². The SMILES string of the molecule is CC1=CCCN(S(=O)(=O)c2c(Cl)nc3ccccn23)C1. The molecule has 0 N–H and O–H groups in total. The first-order chi connectivity index (χ1) is 9.50. The van der Waals surface area contributed by atoms with E-state index in [4.69, 9.17) is 11.6 Å².